The van der Waals surface area contributed by atoms with Gasteiger partial charge >= 0.3 is 0 Å². The van der Waals surface area contributed by atoms with Crippen molar-refractivity contribution in [3.63, 3.8) is 0 Å². The van der Waals surface area contributed by atoms with E-state index in [4.69, 9.17) is 5.73 Å². The van der Waals surface area contributed by atoms with E-state index in [1.165, 1.54) is 6.42 Å². The minimum absolute atomic E-state index is 0.0152. The highest BCUT2D eigenvalue weighted by atomic mass is 16.2. The van der Waals surface area contributed by atoms with Crippen molar-refractivity contribution in [3.05, 3.63) is 18.0 Å². The van der Waals surface area contributed by atoms with Crippen LogP contribution in [0.2, 0.25) is 0 Å². The van der Waals surface area contributed by atoms with Crippen molar-refractivity contribution in [1.29, 1.82) is 0 Å². The van der Waals surface area contributed by atoms with Crippen LogP contribution in [-0.4, -0.2) is 16.5 Å². The number of aromatic nitrogens is 1. The SMILES string of the molecule is CCCn1cc(N)cc1C(=O)NC1CC(C)CC(C)C1. The topological polar surface area (TPSA) is 60.0 Å². The summed E-state index contributed by atoms with van der Waals surface area (Å²) in [6.45, 7) is 7.47. The molecule has 112 valence electrons. The average molecular weight is 277 g/mol. The number of nitrogens with zero attached hydrogens (tertiary/aromatic N) is 1. The molecule has 0 spiro atoms. The van der Waals surface area contributed by atoms with Gasteiger partial charge in [-0.1, -0.05) is 20.8 Å². The molecule has 2 atom stereocenters. The molecule has 1 saturated carbocycles. The Balaban J connectivity index is 2.04. The van der Waals surface area contributed by atoms with Crippen molar-refractivity contribution >= 4 is 11.6 Å². The fourth-order valence-corrected chi connectivity index (χ4v) is 3.47. The van der Waals surface area contributed by atoms with Crippen LogP contribution in [0, 0.1) is 11.8 Å². The molecule has 1 aliphatic carbocycles. The highest BCUT2D eigenvalue weighted by Gasteiger charge is 2.26. The van der Waals surface area contributed by atoms with Crippen molar-refractivity contribution in [2.24, 2.45) is 11.8 Å². The van der Waals surface area contributed by atoms with Gasteiger partial charge in [-0.2, -0.15) is 0 Å². The van der Waals surface area contributed by atoms with E-state index in [-0.39, 0.29) is 5.91 Å². The number of carbonyl (C=O) groups is 1. The standard InChI is InChI=1S/C16H27N3O/c1-4-5-19-10-13(17)9-15(19)16(20)18-14-7-11(2)6-12(3)8-14/h9-12,14H,4-8,17H2,1-3H3,(H,18,20). The van der Waals surface area contributed by atoms with E-state index in [2.05, 4.69) is 26.1 Å². The fourth-order valence-electron chi connectivity index (χ4n) is 3.47. The highest BCUT2D eigenvalue weighted by molar-refractivity contribution is 5.94. The van der Waals surface area contributed by atoms with Gasteiger partial charge in [-0.3, -0.25) is 4.79 Å². The summed E-state index contributed by atoms with van der Waals surface area (Å²) in [6.07, 6.45) is 6.28. The van der Waals surface area contributed by atoms with Crippen LogP contribution < -0.4 is 11.1 Å². The maximum Gasteiger partial charge on any atom is 0.268 e. The zero-order valence-electron chi connectivity index (χ0n) is 12.9. The number of anilines is 1. The van der Waals surface area contributed by atoms with Crippen LogP contribution in [0.1, 0.15) is 56.9 Å². The quantitative estimate of drug-likeness (QED) is 0.888. The number of carbonyl (C=O) groups excluding carboxylic acids is 1. The summed E-state index contributed by atoms with van der Waals surface area (Å²) in [5, 5.41) is 3.19. The second-order valence-electron chi connectivity index (χ2n) is 6.44. The number of rotatable bonds is 4. The number of aryl methyl sites for hydroxylation is 1. The first-order chi connectivity index (χ1) is 9.49. The van der Waals surface area contributed by atoms with E-state index < -0.39 is 0 Å². The Bertz CT molecular complexity index is 456. The predicted octanol–water partition coefficient (Wildman–Crippen LogP) is 3.03. The molecular weight excluding hydrogens is 250 g/mol. The number of hydrogen-bond acceptors (Lipinski definition) is 2. The van der Waals surface area contributed by atoms with E-state index >= 15 is 0 Å². The second kappa shape index (κ2) is 6.33. The van der Waals surface area contributed by atoms with Gasteiger partial charge in [-0.15, -0.1) is 0 Å². The Hall–Kier alpha value is -1.45. The monoisotopic (exact) mass is 277 g/mol. The lowest BCUT2D eigenvalue weighted by Gasteiger charge is -2.32. The van der Waals surface area contributed by atoms with E-state index in [9.17, 15) is 4.79 Å². The largest absolute Gasteiger partial charge is 0.397 e. The molecule has 2 unspecified atom stereocenters. The van der Waals surface area contributed by atoms with Gasteiger partial charge < -0.3 is 15.6 Å². The summed E-state index contributed by atoms with van der Waals surface area (Å²) in [4.78, 5) is 12.4. The molecule has 1 aromatic heterocycles. The third-order valence-electron chi connectivity index (χ3n) is 4.13. The molecule has 3 N–H and O–H groups in total. The third kappa shape index (κ3) is 3.56. The van der Waals surface area contributed by atoms with Crippen LogP contribution in [0.5, 0.6) is 0 Å². The highest BCUT2D eigenvalue weighted by Crippen LogP contribution is 2.28. The van der Waals surface area contributed by atoms with E-state index in [1.807, 2.05) is 10.8 Å². The fraction of sp³-hybridized carbons (Fsp3) is 0.688. The zero-order valence-corrected chi connectivity index (χ0v) is 12.9. The van der Waals surface area contributed by atoms with Crippen LogP contribution >= 0.6 is 0 Å². The minimum Gasteiger partial charge on any atom is -0.397 e. The number of nitrogens with two attached hydrogens (primary N) is 1. The minimum atomic E-state index is 0.0152. The van der Waals surface area contributed by atoms with Gasteiger partial charge in [0.05, 0.1) is 5.69 Å². The summed E-state index contributed by atoms with van der Waals surface area (Å²) in [5.41, 5.74) is 7.18. The van der Waals surface area contributed by atoms with Crippen LogP contribution in [0.25, 0.3) is 0 Å². The maximum atomic E-state index is 12.4. The summed E-state index contributed by atoms with van der Waals surface area (Å²) in [7, 11) is 0. The number of nitrogen functional groups attached to an aromatic ring is 1. The normalized spacial score (nSPS) is 26.4. The van der Waals surface area contributed by atoms with Gasteiger partial charge in [0.25, 0.3) is 5.91 Å². The number of nitrogens with one attached hydrogen (secondary N) is 1. The molecule has 0 aliphatic heterocycles. The number of amides is 1. The zero-order chi connectivity index (χ0) is 14.7. The molecule has 1 heterocycles. The lowest BCUT2D eigenvalue weighted by atomic mass is 9.80. The van der Waals surface area contributed by atoms with E-state index in [1.54, 1.807) is 6.07 Å². The Morgan fingerprint density at radius 1 is 1.35 bits per heavy atom. The predicted molar refractivity (Wildman–Crippen MR) is 82.6 cm³/mol. The molecule has 1 amide bonds. The molecule has 2 rings (SSSR count). The summed E-state index contributed by atoms with van der Waals surface area (Å²) >= 11 is 0. The van der Waals surface area contributed by atoms with Crippen LogP contribution in [0.15, 0.2) is 12.3 Å². The summed E-state index contributed by atoms with van der Waals surface area (Å²) in [5.74, 6) is 1.40. The Morgan fingerprint density at radius 3 is 2.60 bits per heavy atom. The second-order valence-corrected chi connectivity index (χ2v) is 6.44. The van der Waals surface area contributed by atoms with Crippen molar-refractivity contribution in [2.45, 2.75) is 59.0 Å². The van der Waals surface area contributed by atoms with Gasteiger partial charge in [0.1, 0.15) is 5.69 Å². The number of hydrogen-bond donors (Lipinski definition) is 2. The first kappa shape index (κ1) is 14.9. The summed E-state index contributed by atoms with van der Waals surface area (Å²) < 4.78 is 1.96. The summed E-state index contributed by atoms with van der Waals surface area (Å²) in [6, 6.07) is 2.08. The lowest BCUT2D eigenvalue weighted by molar-refractivity contribution is 0.0901. The molecule has 1 aliphatic rings. The molecule has 1 aromatic rings. The molecule has 0 radical (unpaired) electrons. The van der Waals surface area contributed by atoms with Crippen LogP contribution in [-0.2, 0) is 6.54 Å². The molecular formula is C16H27N3O. The molecule has 0 aromatic carbocycles. The van der Waals surface area contributed by atoms with Gasteiger partial charge in [0.2, 0.25) is 0 Å². The van der Waals surface area contributed by atoms with E-state index in [0.717, 1.165) is 25.8 Å². The molecule has 4 nitrogen and oxygen atoms in total. The molecule has 4 heteroatoms. The van der Waals surface area contributed by atoms with Gasteiger partial charge in [0.15, 0.2) is 0 Å². The van der Waals surface area contributed by atoms with Crippen LogP contribution in [0.3, 0.4) is 0 Å². The van der Waals surface area contributed by atoms with Crippen molar-refractivity contribution in [3.8, 4) is 0 Å². The third-order valence-corrected chi connectivity index (χ3v) is 4.13. The van der Waals surface area contributed by atoms with Crippen molar-refractivity contribution < 1.29 is 4.79 Å². The lowest BCUT2D eigenvalue weighted by Crippen LogP contribution is -2.40. The Kier molecular flexibility index (Phi) is 4.73. The molecule has 1 fully saturated rings. The first-order valence-electron chi connectivity index (χ1n) is 7.76. The first-order valence-corrected chi connectivity index (χ1v) is 7.76. The van der Waals surface area contributed by atoms with Crippen molar-refractivity contribution in [1.82, 2.24) is 9.88 Å². The average Bonchev–Trinajstić information content (AvgIpc) is 2.69. The maximum absolute atomic E-state index is 12.4. The van der Waals surface area contributed by atoms with Gasteiger partial charge in [-0.05, 0) is 43.6 Å². The van der Waals surface area contributed by atoms with Gasteiger partial charge in [0, 0.05) is 18.8 Å². The molecule has 0 saturated heterocycles. The Labute approximate surface area is 121 Å². The van der Waals surface area contributed by atoms with Crippen molar-refractivity contribution in [2.75, 3.05) is 5.73 Å². The molecule has 0 bridgehead atoms. The van der Waals surface area contributed by atoms with E-state index in [0.29, 0.717) is 29.3 Å². The van der Waals surface area contributed by atoms with Gasteiger partial charge in [-0.25, -0.2) is 0 Å². The molecule has 20 heavy (non-hydrogen) atoms. The van der Waals surface area contributed by atoms with Crippen LogP contribution in [0.4, 0.5) is 5.69 Å². The smallest absolute Gasteiger partial charge is 0.268 e. The Morgan fingerprint density at radius 2 is 2.00 bits per heavy atom.